The Kier molecular flexibility index (Phi) is 11.0. The van der Waals surface area contributed by atoms with E-state index < -0.39 is 0 Å². The number of fused-ring (bicyclic) bond motifs is 1. The molecule has 0 radical (unpaired) electrons. The van der Waals surface area contributed by atoms with Crippen molar-refractivity contribution in [2.45, 2.75) is 77.2 Å². The van der Waals surface area contributed by atoms with Crippen LogP contribution in [0.3, 0.4) is 0 Å². The molecule has 0 aromatic heterocycles. The van der Waals surface area contributed by atoms with Crippen molar-refractivity contribution in [3.63, 3.8) is 0 Å². The van der Waals surface area contributed by atoms with E-state index in [-0.39, 0.29) is 11.5 Å². The quantitative estimate of drug-likeness (QED) is 0.239. The highest BCUT2D eigenvalue weighted by Gasteiger charge is 2.26. The summed E-state index contributed by atoms with van der Waals surface area (Å²) in [6, 6.07) is 12.5. The largest absolute Gasteiger partial charge is 0.504 e. The standard InChI is InChI=1S/C29H44N2O3/c1-3-20-31(25-15-16-26-24(22-25)14-17-27(32)29(26)33)21-9-5-4-8-18-30-19-10-12-23-11-6-7-13-28(23)34-2/h6-7,11,13-14,17,25,30,32-33H,3-5,8-10,12,15-16,18-22H2,1-2H3. The minimum atomic E-state index is 0.00790. The van der Waals surface area contributed by atoms with Crippen LogP contribution in [0, 0.1) is 0 Å². The van der Waals surface area contributed by atoms with Gasteiger partial charge >= 0.3 is 0 Å². The molecule has 0 heterocycles. The average molecular weight is 469 g/mol. The lowest BCUT2D eigenvalue weighted by Gasteiger charge is -2.35. The molecule has 188 valence electrons. The predicted octanol–water partition coefficient (Wildman–Crippen LogP) is 5.46. The first-order chi connectivity index (χ1) is 16.6. The zero-order chi connectivity index (χ0) is 24.2. The SMILES string of the molecule is CCCN(CCCCCCNCCCc1ccccc1OC)C1CCc2c(ccc(O)c2O)C1. The first-order valence-electron chi connectivity index (χ1n) is 13.2. The van der Waals surface area contributed by atoms with E-state index in [2.05, 4.69) is 29.3 Å². The van der Waals surface area contributed by atoms with Gasteiger partial charge in [-0.1, -0.05) is 44.0 Å². The highest BCUT2D eigenvalue weighted by molar-refractivity contribution is 5.50. The first kappa shape index (κ1) is 26.4. The Morgan fingerprint density at radius 1 is 0.971 bits per heavy atom. The third-order valence-electron chi connectivity index (χ3n) is 7.11. The van der Waals surface area contributed by atoms with Crippen molar-refractivity contribution >= 4 is 0 Å². The van der Waals surface area contributed by atoms with E-state index >= 15 is 0 Å². The van der Waals surface area contributed by atoms with E-state index in [1.54, 1.807) is 13.2 Å². The van der Waals surface area contributed by atoms with E-state index in [9.17, 15) is 10.2 Å². The summed E-state index contributed by atoms with van der Waals surface area (Å²) in [5.74, 6) is 1.09. The Morgan fingerprint density at radius 2 is 1.76 bits per heavy atom. The van der Waals surface area contributed by atoms with Crippen molar-refractivity contribution in [2.75, 3.05) is 33.3 Å². The second-order valence-electron chi connectivity index (χ2n) is 9.58. The highest BCUT2D eigenvalue weighted by Crippen LogP contribution is 2.36. The summed E-state index contributed by atoms with van der Waals surface area (Å²) in [7, 11) is 1.74. The van der Waals surface area contributed by atoms with Gasteiger partial charge in [0.1, 0.15) is 5.75 Å². The molecular formula is C29H44N2O3. The summed E-state index contributed by atoms with van der Waals surface area (Å²) in [6.45, 7) is 6.70. The van der Waals surface area contributed by atoms with Gasteiger partial charge in [-0.2, -0.15) is 0 Å². The number of aryl methyl sites for hydroxylation is 1. The molecule has 2 aromatic rings. The van der Waals surface area contributed by atoms with Crippen LogP contribution in [-0.2, 0) is 19.3 Å². The van der Waals surface area contributed by atoms with Gasteiger partial charge in [-0.25, -0.2) is 0 Å². The number of nitrogens with zero attached hydrogens (tertiary/aromatic N) is 1. The van der Waals surface area contributed by atoms with E-state index in [0.717, 1.165) is 69.6 Å². The van der Waals surface area contributed by atoms with E-state index in [1.807, 2.05) is 18.2 Å². The number of phenols is 2. The molecule has 0 bridgehead atoms. The molecule has 0 saturated carbocycles. The van der Waals surface area contributed by atoms with Gasteiger partial charge in [0.2, 0.25) is 0 Å². The molecule has 0 fully saturated rings. The third-order valence-corrected chi connectivity index (χ3v) is 7.11. The first-order valence-corrected chi connectivity index (χ1v) is 13.2. The van der Waals surface area contributed by atoms with Gasteiger partial charge in [-0.15, -0.1) is 0 Å². The number of nitrogens with one attached hydrogen (secondary N) is 1. The molecule has 0 amide bonds. The van der Waals surface area contributed by atoms with Crippen LogP contribution in [0.5, 0.6) is 17.2 Å². The number of methoxy groups -OCH3 is 1. The molecule has 34 heavy (non-hydrogen) atoms. The molecule has 5 heteroatoms. The number of hydrogen-bond acceptors (Lipinski definition) is 5. The van der Waals surface area contributed by atoms with Crippen molar-refractivity contribution in [2.24, 2.45) is 0 Å². The predicted molar refractivity (Wildman–Crippen MR) is 140 cm³/mol. The van der Waals surface area contributed by atoms with Gasteiger partial charge < -0.3 is 25.2 Å². The molecule has 3 rings (SSSR count). The van der Waals surface area contributed by atoms with Crippen LogP contribution >= 0.6 is 0 Å². The summed E-state index contributed by atoms with van der Waals surface area (Å²) in [5, 5.41) is 23.5. The van der Waals surface area contributed by atoms with Crippen molar-refractivity contribution in [1.82, 2.24) is 10.2 Å². The number of benzene rings is 2. The van der Waals surface area contributed by atoms with Crippen molar-refractivity contribution in [3.05, 3.63) is 53.1 Å². The van der Waals surface area contributed by atoms with Gasteiger partial charge in [0.15, 0.2) is 11.5 Å². The Morgan fingerprint density at radius 3 is 2.59 bits per heavy atom. The lowest BCUT2D eigenvalue weighted by molar-refractivity contribution is 0.175. The topological polar surface area (TPSA) is 65.0 Å². The van der Waals surface area contributed by atoms with Gasteiger partial charge in [0.25, 0.3) is 0 Å². The monoisotopic (exact) mass is 468 g/mol. The number of para-hydroxylation sites is 1. The van der Waals surface area contributed by atoms with E-state index in [4.69, 9.17) is 4.74 Å². The number of unbranched alkanes of at least 4 members (excludes halogenated alkanes) is 3. The second kappa shape index (κ2) is 14.2. The normalized spacial score (nSPS) is 15.4. The maximum absolute atomic E-state index is 10.2. The zero-order valence-electron chi connectivity index (χ0n) is 21.2. The smallest absolute Gasteiger partial charge is 0.160 e. The minimum absolute atomic E-state index is 0.00790. The summed E-state index contributed by atoms with van der Waals surface area (Å²) in [5.41, 5.74) is 3.44. The maximum Gasteiger partial charge on any atom is 0.160 e. The Labute approximate surface area is 206 Å². The number of ether oxygens (including phenoxy) is 1. The molecule has 1 aliphatic rings. The summed E-state index contributed by atoms with van der Waals surface area (Å²) in [4.78, 5) is 2.66. The van der Waals surface area contributed by atoms with Gasteiger partial charge in [-0.05, 0) is 101 Å². The number of rotatable bonds is 15. The van der Waals surface area contributed by atoms with Crippen LogP contribution in [-0.4, -0.2) is 54.4 Å². The molecule has 2 aromatic carbocycles. The molecule has 1 unspecified atom stereocenters. The highest BCUT2D eigenvalue weighted by atomic mass is 16.5. The Balaban J connectivity index is 1.28. The molecule has 0 aliphatic heterocycles. The van der Waals surface area contributed by atoms with Crippen molar-refractivity contribution < 1.29 is 14.9 Å². The molecule has 5 nitrogen and oxygen atoms in total. The summed E-state index contributed by atoms with van der Waals surface area (Å²) in [6.07, 6.45) is 11.3. The fourth-order valence-electron chi connectivity index (χ4n) is 5.24. The second-order valence-corrected chi connectivity index (χ2v) is 9.58. The van der Waals surface area contributed by atoms with Crippen molar-refractivity contribution in [3.8, 4) is 17.2 Å². The zero-order valence-corrected chi connectivity index (χ0v) is 21.2. The summed E-state index contributed by atoms with van der Waals surface area (Å²) >= 11 is 0. The number of phenolic OH excluding ortho intramolecular Hbond substituents is 2. The van der Waals surface area contributed by atoms with Crippen LogP contribution in [0.2, 0.25) is 0 Å². The Bertz CT molecular complexity index is 870. The van der Waals surface area contributed by atoms with E-state index in [1.165, 1.54) is 43.2 Å². The van der Waals surface area contributed by atoms with Crippen LogP contribution in [0.25, 0.3) is 0 Å². The van der Waals surface area contributed by atoms with Crippen LogP contribution in [0.4, 0.5) is 0 Å². The van der Waals surface area contributed by atoms with Crippen LogP contribution in [0.1, 0.15) is 68.6 Å². The molecule has 0 spiro atoms. The molecule has 1 atom stereocenters. The summed E-state index contributed by atoms with van der Waals surface area (Å²) < 4.78 is 5.43. The average Bonchev–Trinajstić information content (AvgIpc) is 2.86. The molecular weight excluding hydrogens is 424 g/mol. The van der Waals surface area contributed by atoms with Crippen LogP contribution in [0.15, 0.2) is 36.4 Å². The van der Waals surface area contributed by atoms with Gasteiger partial charge in [0, 0.05) is 11.6 Å². The van der Waals surface area contributed by atoms with E-state index in [0.29, 0.717) is 6.04 Å². The fraction of sp³-hybridized carbons (Fsp3) is 0.586. The molecule has 0 saturated heterocycles. The van der Waals surface area contributed by atoms with Crippen molar-refractivity contribution in [1.29, 1.82) is 0 Å². The molecule has 3 N–H and O–H groups in total. The Hall–Kier alpha value is -2.24. The minimum Gasteiger partial charge on any atom is -0.504 e. The molecule has 1 aliphatic carbocycles. The fourth-order valence-corrected chi connectivity index (χ4v) is 5.24. The van der Waals surface area contributed by atoms with Gasteiger partial charge in [-0.3, -0.25) is 0 Å². The lowest BCUT2D eigenvalue weighted by Crippen LogP contribution is -2.40. The lowest BCUT2D eigenvalue weighted by atomic mass is 9.86. The number of hydrogen-bond donors (Lipinski definition) is 3. The third kappa shape index (κ3) is 7.64. The number of aromatic hydroxyl groups is 2. The maximum atomic E-state index is 10.2. The van der Waals surface area contributed by atoms with Gasteiger partial charge in [0.05, 0.1) is 7.11 Å². The van der Waals surface area contributed by atoms with Crippen LogP contribution < -0.4 is 10.1 Å².